The lowest BCUT2D eigenvalue weighted by molar-refractivity contribution is 0.0626. The highest BCUT2D eigenvalue weighted by Crippen LogP contribution is 2.71. The second-order valence-electron chi connectivity index (χ2n) is 5.02. The van der Waals surface area contributed by atoms with Gasteiger partial charge in [-0.25, -0.2) is 0 Å². The molecule has 0 aromatic heterocycles. The van der Waals surface area contributed by atoms with Crippen molar-refractivity contribution >= 4 is 0 Å². The Bertz CT molecular complexity index is 152. The first-order valence-electron chi connectivity index (χ1n) is 4.28. The van der Waals surface area contributed by atoms with E-state index in [0.29, 0.717) is 5.41 Å². The zero-order valence-corrected chi connectivity index (χ0v) is 6.98. The summed E-state index contributed by atoms with van der Waals surface area (Å²) in [5.41, 5.74) is 7.00. The smallest absolute Gasteiger partial charge is 0.00433 e. The molecule has 0 radical (unpaired) electrons. The molecule has 1 heteroatoms. The van der Waals surface area contributed by atoms with E-state index in [9.17, 15) is 0 Å². The summed E-state index contributed by atoms with van der Waals surface area (Å²) in [6.07, 6.45) is 4.29. The number of rotatable bonds is 1. The lowest BCUT2D eigenvalue weighted by Gasteiger charge is -2.44. The van der Waals surface area contributed by atoms with Crippen LogP contribution in [-0.2, 0) is 0 Å². The quantitative estimate of drug-likeness (QED) is 0.588. The SMILES string of the molecule is CC1(C)CC2(CC2CN)C1. The molecule has 0 heterocycles. The second-order valence-corrected chi connectivity index (χ2v) is 5.02. The van der Waals surface area contributed by atoms with Crippen LogP contribution in [0.2, 0.25) is 0 Å². The summed E-state index contributed by atoms with van der Waals surface area (Å²) in [6, 6.07) is 0. The molecule has 2 rings (SSSR count). The van der Waals surface area contributed by atoms with Crippen molar-refractivity contribution in [2.45, 2.75) is 33.1 Å². The Morgan fingerprint density at radius 2 is 2.00 bits per heavy atom. The van der Waals surface area contributed by atoms with Crippen LogP contribution in [0.5, 0.6) is 0 Å². The summed E-state index contributed by atoms with van der Waals surface area (Å²) in [6.45, 7) is 5.66. The third-order valence-corrected chi connectivity index (χ3v) is 3.30. The number of hydrogen-bond donors (Lipinski definition) is 1. The third kappa shape index (κ3) is 0.731. The van der Waals surface area contributed by atoms with Gasteiger partial charge in [0.25, 0.3) is 0 Å². The van der Waals surface area contributed by atoms with E-state index >= 15 is 0 Å². The van der Waals surface area contributed by atoms with E-state index in [-0.39, 0.29) is 0 Å². The second kappa shape index (κ2) is 1.58. The maximum Gasteiger partial charge on any atom is -0.00433 e. The monoisotopic (exact) mass is 139 g/mol. The standard InChI is InChI=1S/C9H17N/c1-8(2)5-9(6-8)3-7(9)4-10/h7H,3-6,10H2,1-2H3. The number of nitrogens with two attached hydrogens (primary N) is 1. The van der Waals surface area contributed by atoms with Crippen molar-refractivity contribution in [3.8, 4) is 0 Å². The van der Waals surface area contributed by atoms with Crippen LogP contribution in [0.15, 0.2) is 0 Å². The molecule has 2 fully saturated rings. The van der Waals surface area contributed by atoms with Crippen molar-refractivity contribution in [1.82, 2.24) is 0 Å². The Kier molecular flexibility index (Phi) is 1.05. The summed E-state index contributed by atoms with van der Waals surface area (Å²) in [4.78, 5) is 0. The van der Waals surface area contributed by atoms with E-state index in [4.69, 9.17) is 5.73 Å². The Hall–Kier alpha value is -0.0400. The fourth-order valence-corrected chi connectivity index (χ4v) is 3.05. The largest absolute Gasteiger partial charge is 0.330 e. The highest BCUT2D eigenvalue weighted by Gasteiger charge is 2.63. The van der Waals surface area contributed by atoms with Gasteiger partial charge in [-0.05, 0) is 42.6 Å². The fraction of sp³-hybridized carbons (Fsp3) is 1.00. The molecule has 1 nitrogen and oxygen atoms in total. The molecule has 58 valence electrons. The van der Waals surface area contributed by atoms with E-state index in [1.807, 2.05) is 0 Å². The van der Waals surface area contributed by atoms with Crippen molar-refractivity contribution in [2.24, 2.45) is 22.5 Å². The minimum Gasteiger partial charge on any atom is -0.330 e. The predicted octanol–water partition coefficient (Wildman–Crippen LogP) is 1.77. The fourth-order valence-electron chi connectivity index (χ4n) is 3.05. The van der Waals surface area contributed by atoms with Gasteiger partial charge in [-0.15, -0.1) is 0 Å². The van der Waals surface area contributed by atoms with E-state index in [1.165, 1.54) is 19.3 Å². The van der Waals surface area contributed by atoms with Crippen LogP contribution in [0.4, 0.5) is 0 Å². The van der Waals surface area contributed by atoms with Crippen LogP contribution in [-0.4, -0.2) is 6.54 Å². The van der Waals surface area contributed by atoms with Crippen molar-refractivity contribution in [3.05, 3.63) is 0 Å². The maximum atomic E-state index is 5.61. The molecule has 0 bridgehead atoms. The molecule has 10 heavy (non-hydrogen) atoms. The van der Waals surface area contributed by atoms with Gasteiger partial charge in [0.05, 0.1) is 0 Å². The van der Waals surface area contributed by atoms with Crippen LogP contribution >= 0.6 is 0 Å². The van der Waals surface area contributed by atoms with Crippen LogP contribution in [0.1, 0.15) is 33.1 Å². The van der Waals surface area contributed by atoms with Gasteiger partial charge in [-0.2, -0.15) is 0 Å². The zero-order chi connectivity index (χ0) is 7.41. The van der Waals surface area contributed by atoms with Crippen molar-refractivity contribution in [2.75, 3.05) is 6.54 Å². The van der Waals surface area contributed by atoms with Gasteiger partial charge in [-0.3, -0.25) is 0 Å². The Balaban J connectivity index is 1.92. The molecular weight excluding hydrogens is 122 g/mol. The van der Waals surface area contributed by atoms with Crippen LogP contribution in [0.25, 0.3) is 0 Å². The average Bonchev–Trinajstić information content (AvgIpc) is 2.39. The molecule has 0 aliphatic heterocycles. The maximum absolute atomic E-state index is 5.61. The molecule has 1 unspecified atom stereocenters. The van der Waals surface area contributed by atoms with Crippen molar-refractivity contribution in [3.63, 3.8) is 0 Å². The first-order chi connectivity index (χ1) is 4.58. The van der Waals surface area contributed by atoms with E-state index < -0.39 is 0 Å². The van der Waals surface area contributed by atoms with Gasteiger partial charge >= 0.3 is 0 Å². The lowest BCUT2D eigenvalue weighted by atomic mass is 9.61. The minimum atomic E-state index is 0.643. The van der Waals surface area contributed by atoms with Gasteiger partial charge in [0.1, 0.15) is 0 Å². The molecule has 1 spiro atoms. The third-order valence-electron chi connectivity index (χ3n) is 3.30. The van der Waals surface area contributed by atoms with Gasteiger partial charge in [0.2, 0.25) is 0 Å². The summed E-state index contributed by atoms with van der Waals surface area (Å²) >= 11 is 0. The Morgan fingerprint density at radius 3 is 2.30 bits per heavy atom. The molecular formula is C9H17N. The van der Waals surface area contributed by atoms with Gasteiger partial charge in [0.15, 0.2) is 0 Å². The van der Waals surface area contributed by atoms with Crippen LogP contribution < -0.4 is 5.73 Å². The highest BCUT2D eigenvalue weighted by atomic mass is 14.7. The van der Waals surface area contributed by atoms with E-state index in [2.05, 4.69) is 13.8 Å². The highest BCUT2D eigenvalue weighted by molar-refractivity contribution is 5.13. The predicted molar refractivity (Wildman–Crippen MR) is 42.6 cm³/mol. The molecule has 0 aromatic carbocycles. The topological polar surface area (TPSA) is 26.0 Å². The molecule has 0 saturated heterocycles. The minimum absolute atomic E-state index is 0.643. The first kappa shape index (κ1) is 6.66. The van der Waals surface area contributed by atoms with Gasteiger partial charge in [-0.1, -0.05) is 13.8 Å². The molecule has 0 aromatic rings. The van der Waals surface area contributed by atoms with E-state index in [0.717, 1.165) is 17.9 Å². The Morgan fingerprint density at radius 1 is 1.40 bits per heavy atom. The van der Waals surface area contributed by atoms with Crippen molar-refractivity contribution < 1.29 is 0 Å². The average molecular weight is 139 g/mol. The normalized spacial score (nSPS) is 39.3. The van der Waals surface area contributed by atoms with Gasteiger partial charge < -0.3 is 5.73 Å². The van der Waals surface area contributed by atoms with Crippen LogP contribution in [0, 0.1) is 16.7 Å². The summed E-state index contributed by atoms with van der Waals surface area (Å²) in [5, 5.41) is 0. The molecule has 2 aliphatic carbocycles. The molecule has 0 amide bonds. The van der Waals surface area contributed by atoms with E-state index in [1.54, 1.807) is 0 Å². The summed E-state index contributed by atoms with van der Waals surface area (Å²) in [5.74, 6) is 0.889. The summed E-state index contributed by atoms with van der Waals surface area (Å²) in [7, 11) is 0. The molecule has 1 atom stereocenters. The summed E-state index contributed by atoms with van der Waals surface area (Å²) < 4.78 is 0. The molecule has 2 N–H and O–H groups in total. The lowest BCUT2D eigenvalue weighted by Crippen LogP contribution is -2.35. The molecule has 2 aliphatic rings. The first-order valence-corrected chi connectivity index (χ1v) is 4.28. The van der Waals surface area contributed by atoms with Crippen LogP contribution in [0.3, 0.4) is 0 Å². The zero-order valence-electron chi connectivity index (χ0n) is 6.98. The Labute approximate surface area is 63.0 Å². The molecule has 2 saturated carbocycles. The van der Waals surface area contributed by atoms with Gasteiger partial charge in [0, 0.05) is 0 Å². The van der Waals surface area contributed by atoms with Crippen molar-refractivity contribution in [1.29, 1.82) is 0 Å². The number of hydrogen-bond acceptors (Lipinski definition) is 1.